The fraction of sp³-hybridized carbons (Fsp3) is 0.483. The van der Waals surface area contributed by atoms with E-state index in [1.54, 1.807) is 0 Å². The zero-order valence-electron chi connectivity index (χ0n) is 24.4. The van der Waals surface area contributed by atoms with Gasteiger partial charge in [-0.25, -0.2) is 4.42 Å². The van der Waals surface area contributed by atoms with Crippen LogP contribution in [0.25, 0.3) is 22.3 Å². The van der Waals surface area contributed by atoms with Crippen molar-refractivity contribution in [3.63, 3.8) is 0 Å². The second kappa shape index (κ2) is 13.5. The van der Waals surface area contributed by atoms with Crippen LogP contribution in [-0.2, 0) is 14.2 Å². The van der Waals surface area contributed by atoms with Crippen molar-refractivity contribution in [1.29, 1.82) is 0 Å². The van der Waals surface area contributed by atoms with Crippen molar-refractivity contribution < 1.29 is 83.9 Å². The molecule has 5 rings (SSSR count). The summed E-state index contributed by atoms with van der Waals surface area (Å²) in [7, 11) is 2.59. The number of methoxy groups -OCH3 is 2. The van der Waals surface area contributed by atoms with E-state index in [4.69, 9.17) is 32.8 Å². The molecule has 252 valence electrons. The van der Waals surface area contributed by atoms with Crippen LogP contribution in [0.1, 0.15) is 0 Å². The monoisotopic (exact) mass is 655 g/mol. The summed E-state index contributed by atoms with van der Waals surface area (Å²) in [6, 6.07) is 6.27. The summed E-state index contributed by atoms with van der Waals surface area (Å²) in [5.74, 6) is -1.43. The van der Waals surface area contributed by atoms with Gasteiger partial charge in [0.15, 0.2) is 17.8 Å². The van der Waals surface area contributed by atoms with Crippen molar-refractivity contribution in [1.82, 2.24) is 0 Å². The molecular weight excluding hydrogens is 620 g/mol. The Morgan fingerprint density at radius 3 is 1.91 bits per heavy atom. The SMILES string of the molecule is COc1cc(-c2[o+]c3cc(O)cc(O)c3cc2O[C@@H]2OC(CO)[C@@H](O)C(O[C@@H]3OC(CO)[C@@H](O)C(O)[C@H]3O)C2O)cc(OC)c1O. The maximum Gasteiger partial charge on any atom is 0.402 e. The second-order valence-corrected chi connectivity index (χ2v) is 10.7. The van der Waals surface area contributed by atoms with E-state index in [1.807, 2.05) is 0 Å². The number of fused-ring (bicyclic) bond motifs is 1. The number of aliphatic hydroxyl groups is 7. The number of phenolic OH excluding ortho intramolecular Hbond substituents is 3. The third-order valence-electron chi connectivity index (χ3n) is 7.76. The maximum absolute atomic E-state index is 11.3. The number of rotatable bonds is 9. The van der Waals surface area contributed by atoms with Gasteiger partial charge in [0.25, 0.3) is 0 Å². The minimum atomic E-state index is -1.90. The van der Waals surface area contributed by atoms with Crippen LogP contribution in [0.2, 0.25) is 0 Å². The molecule has 0 bridgehead atoms. The lowest BCUT2D eigenvalue weighted by Gasteiger charge is -2.45. The first kappa shape index (κ1) is 33.6. The molecule has 0 spiro atoms. The van der Waals surface area contributed by atoms with Gasteiger partial charge in [-0.2, -0.15) is 0 Å². The smallest absolute Gasteiger partial charge is 0.402 e. The van der Waals surface area contributed by atoms with Crippen molar-refractivity contribution in [2.75, 3.05) is 27.4 Å². The van der Waals surface area contributed by atoms with Crippen LogP contribution in [0.5, 0.6) is 34.5 Å². The van der Waals surface area contributed by atoms with E-state index in [0.717, 1.165) is 6.07 Å². The molecule has 10 N–H and O–H groups in total. The number of benzene rings is 2. The molecule has 2 fully saturated rings. The Kier molecular flexibility index (Phi) is 9.89. The number of hydrogen-bond donors (Lipinski definition) is 10. The molecular formula is C29H35O17+. The number of ether oxygens (including phenoxy) is 6. The maximum atomic E-state index is 11.3. The largest absolute Gasteiger partial charge is 0.507 e. The summed E-state index contributed by atoms with van der Waals surface area (Å²) in [5, 5.41) is 103. The minimum Gasteiger partial charge on any atom is -0.507 e. The van der Waals surface area contributed by atoms with Crippen molar-refractivity contribution in [2.24, 2.45) is 0 Å². The molecule has 3 heterocycles. The van der Waals surface area contributed by atoms with Crippen LogP contribution in [0.3, 0.4) is 0 Å². The Balaban J connectivity index is 1.55. The van der Waals surface area contributed by atoms with Crippen molar-refractivity contribution in [2.45, 2.75) is 61.4 Å². The topological polar surface area (TPSA) is 269 Å². The molecule has 46 heavy (non-hydrogen) atoms. The summed E-state index contributed by atoms with van der Waals surface area (Å²) in [4.78, 5) is 0. The Hall–Kier alpha value is -3.75. The number of hydrogen-bond acceptors (Lipinski definition) is 16. The third-order valence-corrected chi connectivity index (χ3v) is 7.76. The fourth-order valence-corrected chi connectivity index (χ4v) is 5.27. The van der Waals surface area contributed by atoms with Crippen LogP contribution in [0.15, 0.2) is 34.7 Å². The van der Waals surface area contributed by atoms with Gasteiger partial charge in [0.05, 0.1) is 39.1 Å². The highest BCUT2D eigenvalue weighted by molar-refractivity contribution is 5.88. The quantitative estimate of drug-likeness (QED) is 0.118. The molecule has 10 atom stereocenters. The zero-order valence-corrected chi connectivity index (χ0v) is 24.4. The number of aromatic hydroxyl groups is 3. The highest BCUT2D eigenvalue weighted by Crippen LogP contribution is 2.45. The Bertz CT molecular complexity index is 1510. The predicted molar refractivity (Wildman–Crippen MR) is 151 cm³/mol. The van der Waals surface area contributed by atoms with Gasteiger partial charge in [0.1, 0.15) is 65.7 Å². The van der Waals surface area contributed by atoms with Gasteiger partial charge < -0.3 is 79.5 Å². The summed E-state index contributed by atoms with van der Waals surface area (Å²) in [6.07, 6.45) is -17.1. The molecule has 0 amide bonds. The molecule has 2 aromatic carbocycles. The zero-order chi connectivity index (χ0) is 33.4. The van der Waals surface area contributed by atoms with E-state index in [1.165, 1.54) is 38.5 Å². The van der Waals surface area contributed by atoms with Gasteiger partial charge in [-0.15, -0.1) is 0 Å². The normalized spacial score (nSPS) is 31.5. The summed E-state index contributed by atoms with van der Waals surface area (Å²) in [5.41, 5.74) is 0.174. The van der Waals surface area contributed by atoms with Gasteiger partial charge in [0.2, 0.25) is 17.8 Å². The molecule has 17 nitrogen and oxygen atoms in total. The van der Waals surface area contributed by atoms with Crippen LogP contribution >= 0.6 is 0 Å². The lowest BCUT2D eigenvalue weighted by molar-refractivity contribution is -0.352. The highest BCUT2D eigenvalue weighted by Gasteiger charge is 2.51. The molecule has 17 heteroatoms. The minimum absolute atomic E-state index is 0.0107. The van der Waals surface area contributed by atoms with Gasteiger partial charge >= 0.3 is 11.3 Å². The van der Waals surface area contributed by atoms with E-state index in [9.17, 15) is 51.1 Å². The molecule has 0 aliphatic carbocycles. The molecule has 0 saturated carbocycles. The molecule has 1 aromatic heterocycles. The lowest BCUT2D eigenvalue weighted by atomic mass is 9.97. The van der Waals surface area contributed by atoms with Gasteiger partial charge in [-0.3, -0.25) is 0 Å². The lowest BCUT2D eigenvalue weighted by Crippen LogP contribution is -2.65. The van der Waals surface area contributed by atoms with Crippen molar-refractivity contribution >= 4 is 11.0 Å². The summed E-state index contributed by atoms with van der Waals surface area (Å²) >= 11 is 0. The van der Waals surface area contributed by atoms with Crippen LogP contribution in [0.4, 0.5) is 0 Å². The summed E-state index contributed by atoms with van der Waals surface area (Å²) < 4.78 is 39.1. The molecule has 2 saturated heterocycles. The fourth-order valence-electron chi connectivity index (χ4n) is 5.27. The molecule has 3 aromatic rings. The Morgan fingerprint density at radius 2 is 1.30 bits per heavy atom. The molecule has 2 aliphatic heterocycles. The van der Waals surface area contributed by atoms with E-state index in [-0.39, 0.29) is 51.0 Å². The van der Waals surface area contributed by atoms with Gasteiger partial charge in [-0.05, 0) is 0 Å². The third kappa shape index (κ3) is 6.17. The average Bonchev–Trinajstić information content (AvgIpc) is 3.04. The second-order valence-electron chi connectivity index (χ2n) is 10.7. The van der Waals surface area contributed by atoms with Crippen molar-refractivity contribution in [3.8, 4) is 45.8 Å². The van der Waals surface area contributed by atoms with Crippen molar-refractivity contribution in [3.05, 3.63) is 30.3 Å². The van der Waals surface area contributed by atoms with E-state index < -0.39 is 80.4 Å². The van der Waals surface area contributed by atoms with E-state index >= 15 is 0 Å². The van der Waals surface area contributed by atoms with E-state index in [0.29, 0.717) is 0 Å². The number of aliphatic hydroxyl groups excluding tert-OH is 7. The first-order valence-corrected chi connectivity index (χ1v) is 14.0. The molecule has 0 radical (unpaired) electrons. The first-order valence-electron chi connectivity index (χ1n) is 14.0. The standard InChI is InChI=1S/C29H34O17/c1-40-15-3-10(4-16(41-2)20(15)34)26-17(7-12-13(33)5-11(32)6-14(12)42-26)43-29-25(39)27(22(36)19(9-31)45-29)46-28-24(38)23(37)21(35)18(8-30)44-28/h3-7,18-19,21-25,27-31,35-39H,8-9H2,1-2H3,(H2-,32,33,34)/p+1/t18?,19?,21-,22-,23?,24-,25?,27?,28+,29-/m1/s1. The summed E-state index contributed by atoms with van der Waals surface area (Å²) in [6.45, 7) is -1.57. The first-order chi connectivity index (χ1) is 21.9. The predicted octanol–water partition coefficient (Wildman–Crippen LogP) is -1.48. The van der Waals surface area contributed by atoms with Gasteiger partial charge in [-0.1, -0.05) is 0 Å². The van der Waals surface area contributed by atoms with Crippen LogP contribution in [-0.4, -0.2) is 140 Å². The highest BCUT2D eigenvalue weighted by atomic mass is 16.7. The molecule has 5 unspecified atom stereocenters. The molecule has 2 aliphatic rings. The number of phenols is 3. The van der Waals surface area contributed by atoms with Crippen LogP contribution < -0.4 is 14.2 Å². The Labute approximate surface area is 260 Å². The Morgan fingerprint density at radius 1 is 0.696 bits per heavy atom. The van der Waals surface area contributed by atoms with Crippen LogP contribution in [0, 0.1) is 0 Å². The van der Waals surface area contributed by atoms with E-state index in [2.05, 4.69) is 0 Å². The average molecular weight is 656 g/mol. The van der Waals surface area contributed by atoms with Gasteiger partial charge in [0, 0.05) is 24.3 Å².